The number of methoxy groups -OCH3 is 2. The van der Waals surface area contributed by atoms with Gasteiger partial charge in [0.1, 0.15) is 5.56 Å². The average molecular weight is 381 g/mol. The number of nitro groups is 1. The van der Waals surface area contributed by atoms with E-state index in [2.05, 4.69) is 10.2 Å². The molecule has 0 saturated carbocycles. The van der Waals surface area contributed by atoms with Crippen LogP contribution in [0.25, 0.3) is 11.3 Å². The van der Waals surface area contributed by atoms with Crippen molar-refractivity contribution in [1.82, 2.24) is 10.2 Å². The molecule has 1 aromatic heterocycles. The zero-order chi connectivity index (χ0) is 20.1. The van der Waals surface area contributed by atoms with Crippen LogP contribution in [-0.4, -0.2) is 35.3 Å². The Labute approximate surface area is 159 Å². The number of ether oxygens (including phenoxy) is 3. The Hall–Kier alpha value is -4.01. The first-order valence-electron chi connectivity index (χ1n) is 8.05. The molecule has 0 fully saturated rings. The van der Waals surface area contributed by atoms with Gasteiger partial charge in [-0.15, -0.1) is 10.2 Å². The van der Waals surface area contributed by atoms with Gasteiger partial charge in [-0.25, -0.2) is 4.79 Å². The lowest BCUT2D eigenvalue weighted by Crippen LogP contribution is -2.12. The van der Waals surface area contributed by atoms with Crippen molar-refractivity contribution in [3.8, 4) is 28.6 Å². The summed E-state index contributed by atoms with van der Waals surface area (Å²) in [6.07, 6.45) is 0. The van der Waals surface area contributed by atoms with Crippen LogP contribution in [-0.2, 0) is 0 Å². The van der Waals surface area contributed by atoms with Gasteiger partial charge in [0.2, 0.25) is 5.88 Å². The Bertz CT molecular complexity index is 1020. The monoisotopic (exact) mass is 381 g/mol. The highest BCUT2D eigenvalue weighted by Gasteiger charge is 2.21. The number of para-hydroxylation sites is 1. The Kier molecular flexibility index (Phi) is 5.45. The lowest BCUT2D eigenvalue weighted by Gasteiger charge is -2.09. The molecule has 3 rings (SSSR count). The Morgan fingerprint density at radius 3 is 2.36 bits per heavy atom. The second kappa shape index (κ2) is 8.12. The molecule has 0 aliphatic rings. The summed E-state index contributed by atoms with van der Waals surface area (Å²) in [5, 5.41) is 18.9. The van der Waals surface area contributed by atoms with Crippen molar-refractivity contribution < 1.29 is 23.9 Å². The van der Waals surface area contributed by atoms with Crippen molar-refractivity contribution in [2.75, 3.05) is 14.2 Å². The van der Waals surface area contributed by atoms with E-state index < -0.39 is 10.9 Å². The van der Waals surface area contributed by atoms with Crippen LogP contribution in [0.1, 0.15) is 10.4 Å². The van der Waals surface area contributed by atoms with Crippen LogP contribution in [0.15, 0.2) is 54.6 Å². The number of aromatic nitrogens is 2. The molecule has 0 spiro atoms. The number of esters is 1. The molecule has 9 heteroatoms. The molecule has 0 radical (unpaired) electrons. The van der Waals surface area contributed by atoms with Crippen LogP contribution in [0.5, 0.6) is 17.4 Å². The van der Waals surface area contributed by atoms with Crippen LogP contribution in [0.4, 0.5) is 5.69 Å². The van der Waals surface area contributed by atoms with Gasteiger partial charge in [-0.3, -0.25) is 10.1 Å². The topological polar surface area (TPSA) is 114 Å². The first-order chi connectivity index (χ1) is 13.5. The molecule has 0 bridgehead atoms. The Morgan fingerprint density at radius 2 is 1.71 bits per heavy atom. The van der Waals surface area contributed by atoms with Crippen LogP contribution in [0.2, 0.25) is 0 Å². The van der Waals surface area contributed by atoms with Crippen molar-refractivity contribution in [3.05, 3.63) is 70.3 Å². The molecule has 0 aliphatic carbocycles. The van der Waals surface area contributed by atoms with Crippen LogP contribution < -0.4 is 14.2 Å². The molecule has 28 heavy (non-hydrogen) atoms. The third-order valence-corrected chi connectivity index (χ3v) is 3.84. The molecule has 3 aromatic rings. The minimum Gasteiger partial charge on any atom is -0.493 e. The van der Waals surface area contributed by atoms with Gasteiger partial charge in [-0.2, -0.15) is 0 Å². The predicted molar refractivity (Wildman–Crippen MR) is 98.6 cm³/mol. The zero-order valence-electron chi connectivity index (χ0n) is 15.0. The smallest absolute Gasteiger partial charge is 0.351 e. The summed E-state index contributed by atoms with van der Waals surface area (Å²) >= 11 is 0. The molecule has 0 amide bonds. The molecule has 0 N–H and O–H groups in total. The molecular formula is C19H15N3O6. The van der Waals surface area contributed by atoms with E-state index in [0.29, 0.717) is 17.2 Å². The highest BCUT2D eigenvalue weighted by molar-refractivity contribution is 5.95. The van der Waals surface area contributed by atoms with E-state index in [0.717, 1.165) is 5.56 Å². The number of carbonyl (C=O) groups excluding carboxylic acids is 1. The normalized spacial score (nSPS) is 10.2. The number of rotatable bonds is 6. The number of nitro benzene ring substituents is 1. The molecule has 0 atom stereocenters. The highest BCUT2D eigenvalue weighted by atomic mass is 16.6. The highest BCUT2D eigenvalue weighted by Crippen LogP contribution is 2.31. The molecule has 9 nitrogen and oxygen atoms in total. The molecule has 2 aromatic carbocycles. The van der Waals surface area contributed by atoms with E-state index in [1.54, 1.807) is 24.3 Å². The molecule has 0 saturated heterocycles. The second-order valence-corrected chi connectivity index (χ2v) is 5.49. The van der Waals surface area contributed by atoms with Crippen molar-refractivity contribution in [3.63, 3.8) is 0 Å². The second-order valence-electron chi connectivity index (χ2n) is 5.49. The summed E-state index contributed by atoms with van der Waals surface area (Å²) in [6.45, 7) is 0. The van der Waals surface area contributed by atoms with Crippen molar-refractivity contribution >= 4 is 11.7 Å². The minimum atomic E-state index is -0.888. The fraction of sp³-hybridized carbons (Fsp3) is 0.105. The van der Waals surface area contributed by atoms with Gasteiger partial charge >= 0.3 is 5.97 Å². The SMILES string of the molecule is COc1ccc(-c2ccc(OC(=O)c3ccccc3[N+](=O)[O-])nn2)cc1OC. The summed E-state index contributed by atoms with van der Waals surface area (Å²) in [4.78, 5) is 22.6. The summed E-state index contributed by atoms with van der Waals surface area (Å²) in [7, 11) is 3.07. The third-order valence-electron chi connectivity index (χ3n) is 3.84. The van der Waals surface area contributed by atoms with Crippen molar-refractivity contribution in [2.24, 2.45) is 0 Å². The maximum Gasteiger partial charge on any atom is 0.351 e. The number of nitrogens with zero attached hydrogens (tertiary/aromatic N) is 3. The van der Waals surface area contributed by atoms with Gasteiger partial charge in [0.25, 0.3) is 5.69 Å². The maximum atomic E-state index is 12.2. The maximum absolute atomic E-state index is 12.2. The van der Waals surface area contributed by atoms with E-state index >= 15 is 0 Å². The summed E-state index contributed by atoms with van der Waals surface area (Å²) in [5.74, 6) is 0.149. The van der Waals surface area contributed by atoms with E-state index in [1.807, 2.05) is 0 Å². The Balaban J connectivity index is 1.80. The van der Waals surface area contributed by atoms with E-state index in [9.17, 15) is 14.9 Å². The first kappa shape index (κ1) is 18.8. The number of hydrogen-bond donors (Lipinski definition) is 0. The van der Waals surface area contributed by atoms with E-state index in [1.165, 1.54) is 44.6 Å². The van der Waals surface area contributed by atoms with E-state index in [4.69, 9.17) is 14.2 Å². The van der Waals surface area contributed by atoms with Crippen molar-refractivity contribution in [2.45, 2.75) is 0 Å². The standard InChI is InChI=1S/C19H15N3O6/c1-26-16-9-7-12(11-17(16)27-2)14-8-10-18(21-20-14)28-19(23)13-5-3-4-6-15(13)22(24)25/h3-11H,1-2H3. The summed E-state index contributed by atoms with van der Waals surface area (Å²) in [5.41, 5.74) is 0.730. The number of hydrogen-bond acceptors (Lipinski definition) is 8. The Morgan fingerprint density at radius 1 is 0.964 bits per heavy atom. The van der Waals surface area contributed by atoms with Gasteiger partial charge in [-0.05, 0) is 30.3 Å². The molecule has 0 aliphatic heterocycles. The minimum absolute atomic E-state index is 0.0765. The summed E-state index contributed by atoms with van der Waals surface area (Å²) < 4.78 is 15.6. The quantitative estimate of drug-likeness (QED) is 0.363. The largest absolute Gasteiger partial charge is 0.493 e. The van der Waals surface area contributed by atoms with Crippen molar-refractivity contribution in [1.29, 1.82) is 0 Å². The van der Waals surface area contributed by atoms with Gasteiger partial charge in [0, 0.05) is 17.7 Å². The summed E-state index contributed by atoms with van der Waals surface area (Å²) in [6, 6.07) is 13.8. The fourth-order valence-electron chi connectivity index (χ4n) is 2.48. The zero-order valence-corrected chi connectivity index (χ0v) is 15.0. The van der Waals surface area contributed by atoms with Gasteiger partial charge in [0.15, 0.2) is 11.5 Å². The van der Waals surface area contributed by atoms with Gasteiger partial charge in [-0.1, -0.05) is 12.1 Å². The number of benzene rings is 2. The van der Waals surface area contributed by atoms with Gasteiger partial charge in [0.05, 0.1) is 24.8 Å². The van der Waals surface area contributed by atoms with Crippen LogP contribution >= 0.6 is 0 Å². The molecular weight excluding hydrogens is 366 g/mol. The first-order valence-corrected chi connectivity index (χ1v) is 8.05. The molecule has 0 unspecified atom stereocenters. The number of carbonyl (C=O) groups is 1. The van der Waals surface area contributed by atoms with E-state index in [-0.39, 0.29) is 17.1 Å². The lowest BCUT2D eigenvalue weighted by atomic mass is 10.1. The fourth-order valence-corrected chi connectivity index (χ4v) is 2.48. The van der Waals surface area contributed by atoms with Crippen LogP contribution in [0.3, 0.4) is 0 Å². The lowest BCUT2D eigenvalue weighted by molar-refractivity contribution is -0.385. The average Bonchev–Trinajstić information content (AvgIpc) is 2.73. The molecule has 142 valence electrons. The van der Waals surface area contributed by atoms with Gasteiger partial charge < -0.3 is 14.2 Å². The predicted octanol–water partition coefficient (Wildman–Crippen LogP) is 3.29. The third kappa shape index (κ3) is 3.88. The molecule has 1 heterocycles. The van der Waals surface area contributed by atoms with Crippen LogP contribution in [0, 0.1) is 10.1 Å².